The van der Waals surface area contributed by atoms with Gasteiger partial charge in [-0.15, -0.1) is 0 Å². The van der Waals surface area contributed by atoms with Gasteiger partial charge in [0.2, 0.25) is 0 Å². The first kappa shape index (κ1) is 19.4. The maximum Gasteiger partial charge on any atom is 0.124 e. The van der Waals surface area contributed by atoms with Crippen molar-refractivity contribution in [3.05, 3.63) is 23.8 Å². The minimum absolute atomic E-state index is 0.0133. The molecule has 0 amide bonds. The van der Waals surface area contributed by atoms with E-state index in [0.717, 1.165) is 0 Å². The molecule has 0 aliphatic heterocycles. The fourth-order valence-electron chi connectivity index (χ4n) is 1.81. The van der Waals surface area contributed by atoms with Crippen molar-refractivity contribution in [3.8, 4) is 11.5 Å². The Morgan fingerprint density at radius 1 is 1.14 bits per heavy atom. The molecule has 0 saturated heterocycles. The number of phenols is 2. The van der Waals surface area contributed by atoms with Gasteiger partial charge in [0.15, 0.2) is 0 Å². The highest BCUT2D eigenvalue weighted by Crippen LogP contribution is 2.29. The van der Waals surface area contributed by atoms with Gasteiger partial charge in [-0.1, -0.05) is 27.7 Å². The van der Waals surface area contributed by atoms with Gasteiger partial charge in [0.1, 0.15) is 11.5 Å². The lowest BCUT2D eigenvalue weighted by atomic mass is 10.1. The van der Waals surface area contributed by atoms with Crippen molar-refractivity contribution >= 4 is 21.6 Å². The Morgan fingerprint density at radius 3 is 2.41 bits per heavy atom. The van der Waals surface area contributed by atoms with Crippen molar-refractivity contribution in [1.29, 1.82) is 0 Å². The van der Waals surface area contributed by atoms with Crippen molar-refractivity contribution < 1.29 is 20.4 Å². The fourth-order valence-corrected chi connectivity index (χ4v) is 4.25. The van der Waals surface area contributed by atoms with Crippen molar-refractivity contribution in [3.63, 3.8) is 0 Å². The Hall–Kier alpha value is -0.640. The summed E-state index contributed by atoms with van der Waals surface area (Å²) in [5.74, 6) is 1.35. The molecule has 8 heteroatoms. The van der Waals surface area contributed by atoms with E-state index in [4.69, 9.17) is 10.8 Å². The molecule has 3 atom stereocenters. The van der Waals surface area contributed by atoms with Crippen LogP contribution < -0.4 is 11.1 Å². The van der Waals surface area contributed by atoms with Crippen molar-refractivity contribution in [2.24, 2.45) is 5.73 Å². The average molecular weight is 348 g/mol. The summed E-state index contributed by atoms with van der Waals surface area (Å²) in [6.07, 6.45) is 0. The molecule has 126 valence electrons. The standard InChI is InChI=1S/C14H24N2O4S2/c1-9(13-3-2-12(19)4-14(13)20)16-11(6-18)8-22-21-7-10(15)5-17/h2-4,9-11,16-20H,5-8,15H2,1H3. The Bertz CT molecular complexity index is 451. The normalized spacial score (nSPS) is 15.5. The molecule has 0 aliphatic rings. The molecule has 0 radical (unpaired) electrons. The van der Waals surface area contributed by atoms with Crippen LogP contribution in [0.2, 0.25) is 0 Å². The number of phenolic OH excluding ortho intramolecular Hbond substituents is 2. The Kier molecular flexibility index (Phi) is 8.99. The third-order valence-corrected chi connectivity index (χ3v) is 5.64. The SMILES string of the molecule is CC(NC(CO)CSSCC(N)CO)c1ccc(O)cc1O. The Balaban J connectivity index is 2.44. The van der Waals surface area contributed by atoms with Crippen LogP contribution in [0.4, 0.5) is 0 Å². The molecule has 1 aromatic carbocycles. The number of aliphatic hydroxyl groups is 2. The minimum Gasteiger partial charge on any atom is -0.508 e. The van der Waals surface area contributed by atoms with Crippen LogP contribution in [0.1, 0.15) is 18.5 Å². The highest BCUT2D eigenvalue weighted by Gasteiger charge is 2.16. The van der Waals surface area contributed by atoms with Gasteiger partial charge >= 0.3 is 0 Å². The molecule has 0 spiro atoms. The highest BCUT2D eigenvalue weighted by atomic mass is 33.1. The van der Waals surface area contributed by atoms with E-state index in [2.05, 4.69) is 5.32 Å². The average Bonchev–Trinajstić information content (AvgIpc) is 2.49. The van der Waals surface area contributed by atoms with E-state index in [0.29, 0.717) is 17.1 Å². The lowest BCUT2D eigenvalue weighted by Crippen LogP contribution is -2.36. The highest BCUT2D eigenvalue weighted by molar-refractivity contribution is 8.76. The van der Waals surface area contributed by atoms with E-state index in [1.54, 1.807) is 27.7 Å². The van der Waals surface area contributed by atoms with Crippen LogP contribution in [0, 0.1) is 0 Å². The van der Waals surface area contributed by atoms with Crippen LogP contribution in [0.5, 0.6) is 11.5 Å². The number of hydrogen-bond acceptors (Lipinski definition) is 8. The summed E-state index contributed by atoms with van der Waals surface area (Å²) in [6.45, 7) is 1.82. The molecule has 0 saturated carbocycles. The molecule has 22 heavy (non-hydrogen) atoms. The third kappa shape index (κ3) is 6.64. The number of aliphatic hydroxyl groups excluding tert-OH is 2. The number of benzene rings is 1. The predicted molar refractivity (Wildman–Crippen MR) is 92.2 cm³/mol. The van der Waals surface area contributed by atoms with Crippen molar-refractivity contribution in [2.45, 2.75) is 25.0 Å². The number of nitrogens with two attached hydrogens (primary N) is 1. The monoisotopic (exact) mass is 348 g/mol. The predicted octanol–water partition coefficient (Wildman–Crippen LogP) is 0.810. The van der Waals surface area contributed by atoms with E-state index in [1.165, 1.54) is 12.1 Å². The minimum atomic E-state index is -0.231. The van der Waals surface area contributed by atoms with Gasteiger partial charge in [-0.05, 0) is 13.0 Å². The van der Waals surface area contributed by atoms with Crippen molar-refractivity contribution in [1.82, 2.24) is 5.32 Å². The zero-order chi connectivity index (χ0) is 16.5. The number of nitrogens with one attached hydrogen (secondary N) is 1. The van der Waals surface area contributed by atoms with Gasteiger partial charge in [0, 0.05) is 41.3 Å². The second-order valence-corrected chi connectivity index (χ2v) is 7.57. The molecule has 0 aromatic heterocycles. The summed E-state index contributed by atoms with van der Waals surface area (Å²) in [5.41, 5.74) is 6.27. The molecule has 0 bridgehead atoms. The van der Waals surface area contributed by atoms with Crippen molar-refractivity contribution in [2.75, 3.05) is 24.7 Å². The summed E-state index contributed by atoms with van der Waals surface area (Å²) >= 11 is 0. The van der Waals surface area contributed by atoms with Crippen LogP contribution >= 0.6 is 21.6 Å². The van der Waals surface area contributed by atoms with E-state index in [9.17, 15) is 15.3 Å². The Labute approximate surface area is 138 Å². The van der Waals surface area contributed by atoms with Gasteiger partial charge in [-0.25, -0.2) is 0 Å². The fraction of sp³-hybridized carbons (Fsp3) is 0.571. The van der Waals surface area contributed by atoms with Gasteiger partial charge in [0.05, 0.1) is 13.2 Å². The molecule has 0 heterocycles. The maximum atomic E-state index is 9.84. The smallest absolute Gasteiger partial charge is 0.124 e. The molecule has 0 fully saturated rings. The van der Waals surface area contributed by atoms with E-state index >= 15 is 0 Å². The zero-order valence-electron chi connectivity index (χ0n) is 12.5. The third-order valence-electron chi connectivity index (χ3n) is 3.06. The van der Waals surface area contributed by atoms with Gasteiger partial charge in [0.25, 0.3) is 0 Å². The first-order valence-corrected chi connectivity index (χ1v) is 9.46. The summed E-state index contributed by atoms with van der Waals surface area (Å²) < 4.78 is 0. The maximum absolute atomic E-state index is 9.84. The molecule has 3 unspecified atom stereocenters. The Morgan fingerprint density at radius 2 is 1.82 bits per heavy atom. The molecule has 1 aromatic rings. The molecule has 0 aliphatic carbocycles. The number of aromatic hydroxyl groups is 2. The largest absolute Gasteiger partial charge is 0.508 e. The summed E-state index contributed by atoms with van der Waals surface area (Å²) in [6, 6.07) is 3.93. The molecule has 6 nitrogen and oxygen atoms in total. The number of rotatable bonds is 10. The lowest BCUT2D eigenvalue weighted by Gasteiger charge is -2.22. The van der Waals surface area contributed by atoms with Crippen LogP contribution in [0.3, 0.4) is 0 Å². The molecular formula is C14H24N2O4S2. The van der Waals surface area contributed by atoms with Crippen LogP contribution in [-0.2, 0) is 0 Å². The van der Waals surface area contributed by atoms with Gasteiger partial charge < -0.3 is 31.5 Å². The van der Waals surface area contributed by atoms with Crippen LogP contribution in [0.25, 0.3) is 0 Å². The second kappa shape index (κ2) is 10.2. The zero-order valence-corrected chi connectivity index (χ0v) is 14.1. The lowest BCUT2D eigenvalue weighted by molar-refractivity contribution is 0.245. The van der Waals surface area contributed by atoms with Gasteiger partial charge in [-0.3, -0.25) is 0 Å². The number of hydrogen-bond donors (Lipinski definition) is 6. The molecule has 7 N–H and O–H groups in total. The quantitative estimate of drug-likeness (QED) is 0.272. The van der Waals surface area contributed by atoms with E-state index in [-0.39, 0.29) is 42.8 Å². The first-order chi connectivity index (χ1) is 10.5. The summed E-state index contributed by atoms with van der Waals surface area (Å²) in [7, 11) is 3.13. The van der Waals surface area contributed by atoms with E-state index < -0.39 is 0 Å². The second-order valence-electron chi connectivity index (χ2n) is 5.02. The summed E-state index contributed by atoms with van der Waals surface area (Å²) in [5, 5.41) is 40.7. The molecule has 1 rings (SSSR count). The first-order valence-electron chi connectivity index (χ1n) is 6.97. The van der Waals surface area contributed by atoms with Gasteiger partial charge in [-0.2, -0.15) is 0 Å². The van der Waals surface area contributed by atoms with Crippen LogP contribution in [0.15, 0.2) is 18.2 Å². The van der Waals surface area contributed by atoms with E-state index in [1.807, 2.05) is 6.92 Å². The van der Waals surface area contributed by atoms with Crippen LogP contribution in [-0.4, -0.2) is 57.2 Å². The topological polar surface area (TPSA) is 119 Å². The summed E-state index contributed by atoms with van der Waals surface area (Å²) in [4.78, 5) is 0. The molecular weight excluding hydrogens is 324 g/mol.